The lowest BCUT2D eigenvalue weighted by Gasteiger charge is -2.22. The van der Waals surface area contributed by atoms with Crippen LogP contribution in [0, 0.1) is 0 Å². The van der Waals surface area contributed by atoms with Gasteiger partial charge < -0.3 is 10.6 Å². The molecule has 1 aliphatic rings. The van der Waals surface area contributed by atoms with Crippen molar-refractivity contribution in [2.75, 3.05) is 13.1 Å². The van der Waals surface area contributed by atoms with E-state index < -0.39 is 18.6 Å². The zero-order valence-corrected chi connectivity index (χ0v) is 10.1. The van der Waals surface area contributed by atoms with Crippen molar-refractivity contribution in [3.05, 3.63) is 11.9 Å². The number of halogens is 3. The Balaban J connectivity index is 2.09. The molecule has 6 nitrogen and oxygen atoms in total. The topological polar surface area (TPSA) is 77.0 Å². The normalized spacial score (nSPS) is 15.6. The molecule has 0 unspecified atom stereocenters. The van der Waals surface area contributed by atoms with Gasteiger partial charge in [-0.2, -0.15) is 13.2 Å². The summed E-state index contributed by atoms with van der Waals surface area (Å²) in [4.78, 5) is 12.8. The van der Waals surface area contributed by atoms with Gasteiger partial charge in [-0.15, -0.1) is 5.10 Å². The highest BCUT2D eigenvalue weighted by atomic mass is 19.4. The van der Waals surface area contributed by atoms with Gasteiger partial charge in [0.1, 0.15) is 6.54 Å². The number of carbonyl (C=O) groups excluding carboxylic acids is 1. The number of amides is 1. The van der Waals surface area contributed by atoms with Crippen molar-refractivity contribution in [2.24, 2.45) is 5.73 Å². The summed E-state index contributed by atoms with van der Waals surface area (Å²) in [5.41, 5.74) is 5.24. The standard InChI is InChI=1S/C10H14F3N5O/c11-10(12,13)6-18(7-1-2-7)9(19)8-5-17(4-3-14)16-15-8/h5,7H,1-4,6,14H2. The first kappa shape index (κ1) is 13.8. The van der Waals surface area contributed by atoms with Gasteiger partial charge in [0, 0.05) is 12.6 Å². The maximum Gasteiger partial charge on any atom is 0.406 e. The molecule has 1 aromatic heterocycles. The van der Waals surface area contributed by atoms with Gasteiger partial charge in [-0.05, 0) is 12.8 Å². The number of hydrogen-bond donors (Lipinski definition) is 1. The van der Waals surface area contributed by atoms with Gasteiger partial charge >= 0.3 is 6.18 Å². The highest BCUT2D eigenvalue weighted by Gasteiger charge is 2.41. The highest BCUT2D eigenvalue weighted by molar-refractivity contribution is 5.92. The number of rotatable bonds is 5. The van der Waals surface area contributed by atoms with Crippen LogP contribution in [0.25, 0.3) is 0 Å². The molecule has 0 bridgehead atoms. The van der Waals surface area contributed by atoms with Crippen LogP contribution in [-0.4, -0.2) is 51.1 Å². The van der Waals surface area contributed by atoms with E-state index in [2.05, 4.69) is 10.3 Å². The SMILES string of the molecule is NCCn1cc(C(=O)N(CC(F)(F)F)C2CC2)nn1. The van der Waals surface area contributed by atoms with E-state index in [1.807, 2.05) is 0 Å². The first-order valence-corrected chi connectivity index (χ1v) is 5.88. The molecule has 0 atom stereocenters. The molecule has 0 aliphatic heterocycles. The second-order valence-electron chi connectivity index (χ2n) is 4.43. The van der Waals surface area contributed by atoms with Crippen molar-refractivity contribution in [3.8, 4) is 0 Å². The van der Waals surface area contributed by atoms with E-state index in [-0.39, 0.29) is 11.7 Å². The Hall–Kier alpha value is -1.64. The second-order valence-corrected chi connectivity index (χ2v) is 4.43. The lowest BCUT2D eigenvalue weighted by Crippen LogP contribution is -2.40. The van der Waals surface area contributed by atoms with E-state index in [1.165, 1.54) is 10.9 Å². The zero-order valence-electron chi connectivity index (χ0n) is 10.1. The van der Waals surface area contributed by atoms with Crippen LogP contribution in [0.1, 0.15) is 23.3 Å². The van der Waals surface area contributed by atoms with E-state index >= 15 is 0 Å². The third-order valence-corrected chi connectivity index (χ3v) is 2.71. The van der Waals surface area contributed by atoms with E-state index in [1.54, 1.807) is 0 Å². The summed E-state index contributed by atoms with van der Waals surface area (Å²) in [7, 11) is 0. The summed E-state index contributed by atoms with van der Waals surface area (Å²) in [6.07, 6.45) is -1.90. The fourth-order valence-electron chi connectivity index (χ4n) is 1.73. The zero-order chi connectivity index (χ0) is 14.0. The number of nitrogens with two attached hydrogens (primary N) is 1. The molecular formula is C10H14F3N5O. The number of aromatic nitrogens is 3. The van der Waals surface area contributed by atoms with E-state index in [0.29, 0.717) is 25.9 Å². The molecule has 1 aliphatic carbocycles. The maximum atomic E-state index is 12.4. The van der Waals surface area contributed by atoms with Gasteiger partial charge in [0.2, 0.25) is 0 Å². The molecule has 19 heavy (non-hydrogen) atoms. The maximum absolute atomic E-state index is 12.4. The van der Waals surface area contributed by atoms with Crippen molar-refractivity contribution < 1.29 is 18.0 Å². The van der Waals surface area contributed by atoms with Crippen molar-refractivity contribution in [3.63, 3.8) is 0 Å². The van der Waals surface area contributed by atoms with Gasteiger partial charge in [-0.1, -0.05) is 5.21 Å². The Kier molecular flexibility index (Phi) is 3.74. The summed E-state index contributed by atoms with van der Waals surface area (Å²) in [5.74, 6) is -0.733. The fourth-order valence-corrected chi connectivity index (χ4v) is 1.73. The van der Waals surface area contributed by atoms with Crippen molar-refractivity contribution in [1.29, 1.82) is 0 Å². The fraction of sp³-hybridized carbons (Fsp3) is 0.700. The van der Waals surface area contributed by atoms with Crippen LogP contribution < -0.4 is 5.73 Å². The minimum Gasteiger partial charge on any atom is -0.329 e. The Bertz CT molecular complexity index is 454. The average Bonchev–Trinajstić information content (AvgIpc) is 3.05. The molecule has 1 saturated carbocycles. The summed E-state index contributed by atoms with van der Waals surface area (Å²) in [6.45, 7) is -0.574. The van der Waals surface area contributed by atoms with Gasteiger partial charge in [-0.25, -0.2) is 0 Å². The lowest BCUT2D eigenvalue weighted by molar-refractivity contribution is -0.141. The van der Waals surface area contributed by atoms with Gasteiger partial charge in [-0.3, -0.25) is 9.48 Å². The minimum absolute atomic E-state index is 0.0791. The molecule has 2 N–H and O–H groups in total. The molecular weight excluding hydrogens is 263 g/mol. The van der Waals surface area contributed by atoms with Crippen molar-refractivity contribution in [2.45, 2.75) is 31.6 Å². The predicted octanol–water partition coefficient (Wildman–Crippen LogP) is 0.404. The first-order valence-electron chi connectivity index (χ1n) is 5.88. The molecule has 9 heteroatoms. The Morgan fingerprint density at radius 3 is 2.74 bits per heavy atom. The van der Waals surface area contributed by atoms with Crippen LogP contribution in [-0.2, 0) is 6.54 Å². The monoisotopic (exact) mass is 277 g/mol. The van der Waals surface area contributed by atoms with Crippen molar-refractivity contribution in [1.82, 2.24) is 19.9 Å². The van der Waals surface area contributed by atoms with Gasteiger partial charge in [0.25, 0.3) is 5.91 Å². The molecule has 0 spiro atoms. The molecule has 106 valence electrons. The minimum atomic E-state index is -4.41. The van der Waals surface area contributed by atoms with Crippen LogP contribution in [0.15, 0.2) is 6.20 Å². The molecule has 0 saturated heterocycles. The summed E-state index contributed by atoms with van der Waals surface area (Å²) in [5, 5.41) is 7.24. The summed E-state index contributed by atoms with van der Waals surface area (Å²) < 4.78 is 38.7. The van der Waals surface area contributed by atoms with Crippen LogP contribution in [0.2, 0.25) is 0 Å². The van der Waals surface area contributed by atoms with Crippen LogP contribution in [0.5, 0.6) is 0 Å². The molecule has 1 aromatic rings. The van der Waals surface area contributed by atoms with Crippen LogP contribution >= 0.6 is 0 Å². The van der Waals surface area contributed by atoms with Crippen LogP contribution in [0.3, 0.4) is 0 Å². The number of alkyl halides is 3. The third-order valence-electron chi connectivity index (χ3n) is 2.71. The molecule has 0 aromatic carbocycles. The Labute approximate surface area is 107 Å². The molecule has 1 heterocycles. The molecule has 1 amide bonds. The smallest absolute Gasteiger partial charge is 0.329 e. The van der Waals surface area contributed by atoms with Crippen molar-refractivity contribution >= 4 is 5.91 Å². The quantitative estimate of drug-likeness (QED) is 0.845. The van der Waals surface area contributed by atoms with E-state index in [4.69, 9.17) is 5.73 Å². The molecule has 0 radical (unpaired) electrons. The lowest BCUT2D eigenvalue weighted by atomic mass is 10.3. The third kappa shape index (κ3) is 3.66. The Morgan fingerprint density at radius 2 is 2.21 bits per heavy atom. The average molecular weight is 277 g/mol. The second kappa shape index (κ2) is 5.16. The largest absolute Gasteiger partial charge is 0.406 e. The van der Waals surface area contributed by atoms with Gasteiger partial charge in [0.05, 0.1) is 12.7 Å². The van der Waals surface area contributed by atoms with E-state index in [0.717, 1.165) is 4.90 Å². The predicted molar refractivity (Wildman–Crippen MR) is 59.2 cm³/mol. The molecule has 2 rings (SSSR count). The first-order chi connectivity index (χ1) is 8.90. The number of hydrogen-bond acceptors (Lipinski definition) is 4. The highest BCUT2D eigenvalue weighted by Crippen LogP contribution is 2.31. The Morgan fingerprint density at radius 1 is 1.53 bits per heavy atom. The van der Waals surface area contributed by atoms with Crippen LogP contribution in [0.4, 0.5) is 13.2 Å². The summed E-state index contributed by atoms with van der Waals surface area (Å²) in [6, 6.07) is -0.339. The van der Waals surface area contributed by atoms with E-state index in [9.17, 15) is 18.0 Å². The summed E-state index contributed by atoms with van der Waals surface area (Å²) >= 11 is 0. The number of carbonyl (C=O) groups is 1. The number of nitrogens with zero attached hydrogens (tertiary/aromatic N) is 4. The van der Waals surface area contributed by atoms with Gasteiger partial charge in [0.15, 0.2) is 5.69 Å². The molecule has 1 fully saturated rings.